The predicted molar refractivity (Wildman–Crippen MR) is 63.8 cm³/mol. The molecule has 0 saturated carbocycles. The Balaban J connectivity index is 2.78. The minimum atomic E-state index is -0.897. The van der Waals surface area contributed by atoms with Gasteiger partial charge in [-0.1, -0.05) is 6.07 Å². The normalized spacial score (nSPS) is 12.2. The van der Waals surface area contributed by atoms with E-state index in [4.69, 9.17) is 15.6 Å². The second-order valence-electron chi connectivity index (χ2n) is 3.41. The van der Waals surface area contributed by atoms with Gasteiger partial charge < -0.3 is 15.6 Å². The maximum atomic E-state index is 10.5. The number of carbonyl (C=O) groups is 1. The molecule has 1 aromatic carbocycles. The van der Waals surface area contributed by atoms with Crippen molar-refractivity contribution in [3.8, 4) is 5.75 Å². The summed E-state index contributed by atoms with van der Waals surface area (Å²) in [5.74, 6) is -0.178. The Morgan fingerprint density at radius 3 is 2.88 bits per heavy atom. The molecule has 5 heteroatoms. The number of aliphatic carboxylic acids is 1. The van der Waals surface area contributed by atoms with Crippen molar-refractivity contribution in [2.75, 3.05) is 7.11 Å². The lowest BCUT2D eigenvalue weighted by Gasteiger charge is -2.12. The second kappa shape index (κ2) is 5.77. The van der Waals surface area contributed by atoms with Gasteiger partial charge in [-0.25, -0.2) is 0 Å². The average Bonchev–Trinajstić information content (AvgIpc) is 2.16. The SMILES string of the molecule is COc1ccc(C)cc1SC(N)CC(=O)O. The molecule has 4 nitrogen and oxygen atoms in total. The van der Waals surface area contributed by atoms with Crippen LogP contribution in [-0.4, -0.2) is 23.6 Å². The molecule has 3 N–H and O–H groups in total. The van der Waals surface area contributed by atoms with E-state index < -0.39 is 11.3 Å². The number of benzene rings is 1. The monoisotopic (exact) mass is 241 g/mol. The van der Waals surface area contributed by atoms with Crippen LogP contribution >= 0.6 is 11.8 Å². The second-order valence-corrected chi connectivity index (χ2v) is 4.69. The lowest BCUT2D eigenvalue weighted by atomic mass is 10.2. The summed E-state index contributed by atoms with van der Waals surface area (Å²) in [6, 6.07) is 5.72. The lowest BCUT2D eigenvalue weighted by molar-refractivity contribution is -0.136. The van der Waals surface area contributed by atoms with Crippen LogP contribution in [0.3, 0.4) is 0 Å². The molecule has 0 heterocycles. The molecule has 0 aliphatic rings. The van der Waals surface area contributed by atoms with E-state index in [-0.39, 0.29) is 6.42 Å². The molecule has 16 heavy (non-hydrogen) atoms. The Morgan fingerprint density at radius 2 is 2.31 bits per heavy atom. The molecule has 0 radical (unpaired) electrons. The number of thioether (sulfide) groups is 1. The summed E-state index contributed by atoms with van der Waals surface area (Å²) in [7, 11) is 1.58. The molecule has 0 saturated heterocycles. The lowest BCUT2D eigenvalue weighted by Crippen LogP contribution is -2.19. The van der Waals surface area contributed by atoms with Crippen LogP contribution in [0.2, 0.25) is 0 Å². The summed E-state index contributed by atoms with van der Waals surface area (Å²) in [4.78, 5) is 11.4. The number of ether oxygens (including phenoxy) is 1. The van der Waals surface area contributed by atoms with Crippen LogP contribution in [0.15, 0.2) is 23.1 Å². The Kier molecular flexibility index (Phi) is 4.64. The van der Waals surface area contributed by atoms with Gasteiger partial charge in [-0.3, -0.25) is 4.79 Å². The third-order valence-electron chi connectivity index (χ3n) is 1.97. The third kappa shape index (κ3) is 3.75. The van der Waals surface area contributed by atoms with E-state index in [1.165, 1.54) is 11.8 Å². The van der Waals surface area contributed by atoms with E-state index in [0.29, 0.717) is 0 Å². The maximum absolute atomic E-state index is 10.5. The summed E-state index contributed by atoms with van der Waals surface area (Å²) >= 11 is 1.31. The van der Waals surface area contributed by atoms with E-state index in [2.05, 4.69) is 0 Å². The van der Waals surface area contributed by atoms with Gasteiger partial charge in [0.05, 0.1) is 23.8 Å². The molecule has 1 unspecified atom stereocenters. The average molecular weight is 241 g/mol. The summed E-state index contributed by atoms with van der Waals surface area (Å²) < 4.78 is 5.18. The molecular weight excluding hydrogens is 226 g/mol. The standard InChI is InChI=1S/C11H15NO3S/c1-7-3-4-8(15-2)9(5-7)16-10(12)6-11(13)14/h3-5,10H,6,12H2,1-2H3,(H,13,14). The van der Waals surface area contributed by atoms with Gasteiger partial charge in [-0.15, -0.1) is 11.8 Å². The molecule has 1 aromatic rings. The number of aryl methyl sites for hydroxylation is 1. The van der Waals surface area contributed by atoms with Crippen LogP contribution < -0.4 is 10.5 Å². The highest BCUT2D eigenvalue weighted by Crippen LogP contribution is 2.32. The first-order valence-electron chi connectivity index (χ1n) is 4.81. The van der Waals surface area contributed by atoms with Crippen molar-refractivity contribution in [1.82, 2.24) is 0 Å². The molecule has 0 aliphatic heterocycles. The Hall–Kier alpha value is -1.20. The molecule has 0 bridgehead atoms. The van der Waals surface area contributed by atoms with Gasteiger partial charge in [0.15, 0.2) is 0 Å². The van der Waals surface area contributed by atoms with E-state index in [1.54, 1.807) is 7.11 Å². The number of carboxylic acids is 1. The fraction of sp³-hybridized carbons (Fsp3) is 0.364. The van der Waals surface area contributed by atoms with Crippen LogP contribution in [0.1, 0.15) is 12.0 Å². The fourth-order valence-corrected chi connectivity index (χ4v) is 2.33. The van der Waals surface area contributed by atoms with Crippen LogP contribution in [0.25, 0.3) is 0 Å². The number of methoxy groups -OCH3 is 1. The molecule has 1 atom stereocenters. The van der Waals surface area contributed by atoms with Crippen molar-refractivity contribution in [2.24, 2.45) is 5.73 Å². The molecule has 0 amide bonds. The Labute approximate surface area is 98.8 Å². The first-order valence-corrected chi connectivity index (χ1v) is 5.69. The molecule has 0 spiro atoms. The number of rotatable bonds is 5. The highest BCUT2D eigenvalue weighted by atomic mass is 32.2. The third-order valence-corrected chi connectivity index (χ3v) is 3.02. The summed E-state index contributed by atoms with van der Waals surface area (Å²) in [6.07, 6.45) is -0.0677. The number of hydrogen-bond acceptors (Lipinski definition) is 4. The smallest absolute Gasteiger partial charge is 0.305 e. The van der Waals surface area contributed by atoms with E-state index >= 15 is 0 Å². The molecule has 0 aliphatic carbocycles. The largest absolute Gasteiger partial charge is 0.496 e. The van der Waals surface area contributed by atoms with E-state index in [0.717, 1.165) is 16.2 Å². The van der Waals surface area contributed by atoms with Crippen LogP contribution in [0.4, 0.5) is 0 Å². The van der Waals surface area contributed by atoms with Gasteiger partial charge in [0.1, 0.15) is 5.75 Å². The number of carboxylic acid groups (broad SMARTS) is 1. The van der Waals surface area contributed by atoms with Crippen molar-refractivity contribution in [3.63, 3.8) is 0 Å². The highest BCUT2D eigenvalue weighted by molar-refractivity contribution is 8.00. The van der Waals surface area contributed by atoms with Gasteiger partial charge in [-0.05, 0) is 24.6 Å². The topological polar surface area (TPSA) is 72.5 Å². The number of nitrogens with two attached hydrogens (primary N) is 1. The first kappa shape index (κ1) is 12.9. The number of hydrogen-bond donors (Lipinski definition) is 2. The zero-order chi connectivity index (χ0) is 12.1. The highest BCUT2D eigenvalue weighted by Gasteiger charge is 2.12. The molecule has 88 valence electrons. The van der Waals surface area contributed by atoms with Gasteiger partial charge in [-0.2, -0.15) is 0 Å². The summed E-state index contributed by atoms with van der Waals surface area (Å²) in [5.41, 5.74) is 6.80. The minimum absolute atomic E-state index is 0.0677. The Bertz CT molecular complexity index is 381. The van der Waals surface area contributed by atoms with Gasteiger partial charge in [0.25, 0.3) is 0 Å². The molecule has 1 rings (SSSR count). The summed E-state index contributed by atoms with van der Waals surface area (Å²) in [6.45, 7) is 1.96. The van der Waals surface area contributed by atoms with Crippen LogP contribution in [-0.2, 0) is 4.79 Å². The van der Waals surface area contributed by atoms with Crippen molar-refractivity contribution in [1.29, 1.82) is 0 Å². The van der Waals surface area contributed by atoms with Gasteiger partial charge >= 0.3 is 5.97 Å². The van der Waals surface area contributed by atoms with E-state index in [9.17, 15) is 4.79 Å². The quantitative estimate of drug-likeness (QED) is 0.608. The Morgan fingerprint density at radius 1 is 1.62 bits per heavy atom. The van der Waals surface area contributed by atoms with Crippen LogP contribution in [0.5, 0.6) is 5.75 Å². The summed E-state index contributed by atoms with van der Waals surface area (Å²) in [5, 5.41) is 8.15. The van der Waals surface area contributed by atoms with Crippen molar-refractivity contribution < 1.29 is 14.6 Å². The maximum Gasteiger partial charge on any atom is 0.305 e. The molecule has 0 aromatic heterocycles. The zero-order valence-corrected chi connectivity index (χ0v) is 10.1. The van der Waals surface area contributed by atoms with Gasteiger partial charge in [0.2, 0.25) is 0 Å². The van der Waals surface area contributed by atoms with Crippen molar-refractivity contribution in [3.05, 3.63) is 23.8 Å². The predicted octanol–water partition coefficient (Wildman–Crippen LogP) is 1.86. The first-order chi connectivity index (χ1) is 7.52. The van der Waals surface area contributed by atoms with E-state index in [1.807, 2.05) is 25.1 Å². The van der Waals surface area contributed by atoms with Crippen molar-refractivity contribution >= 4 is 17.7 Å². The minimum Gasteiger partial charge on any atom is -0.496 e. The molecule has 0 fully saturated rings. The van der Waals surface area contributed by atoms with Crippen LogP contribution in [0, 0.1) is 6.92 Å². The molecular formula is C11H15NO3S. The fourth-order valence-electron chi connectivity index (χ4n) is 1.25. The van der Waals surface area contributed by atoms with Crippen molar-refractivity contribution in [2.45, 2.75) is 23.6 Å². The zero-order valence-electron chi connectivity index (χ0n) is 9.27. The van der Waals surface area contributed by atoms with Gasteiger partial charge in [0, 0.05) is 0 Å².